The minimum absolute atomic E-state index is 0.173. The Morgan fingerprint density at radius 2 is 1.75 bits per heavy atom. The SMILES string of the molecule is [CH2]CCCCCCCOC(C)=O. The van der Waals surface area contributed by atoms with E-state index in [-0.39, 0.29) is 5.97 Å². The quantitative estimate of drug-likeness (QED) is 0.435. The van der Waals surface area contributed by atoms with Crippen LogP contribution in [0.5, 0.6) is 0 Å². The van der Waals surface area contributed by atoms with Crippen LogP contribution in [0, 0.1) is 6.92 Å². The van der Waals surface area contributed by atoms with Gasteiger partial charge in [-0.15, -0.1) is 0 Å². The van der Waals surface area contributed by atoms with Gasteiger partial charge in [-0.05, 0) is 6.42 Å². The molecule has 0 N–H and O–H groups in total. The molecule has 0 aromatic heterocycles. The molecule has 0 aromatic rings. The first-order chi connectivity index (χ1) is 5.77. The van der Waals surface area contributed by atoms with Crippen LogP contribution in [-0.2, 0) is 9.53 Å². The van der Waals surface area contributed by atoms with E-state index in [1.807, 2.05) is 0 Å². The zero-order chi connectivity index (χ0) is 9.23. The molecule has 0 saturated carbocycles. The van der Waals surface area contributed by atoms with Crippen molar-refractivity contribution in [2.24, 2.45) is 0 Å². The Labute approximate surface area is 75.3 Å². The third kappa shape index (κ3) is 9.47. The monoisotopic (exact) mass is 171 g/mol. The highest BCUT2D eigenvalue weighted by Crippen LogP contribution is 2.04. The standard InChI is InChI=1S/C10H19O2/c1-3-4-5-6-7-8-9-12-10(2)11/h1,3-9H2,2H3. The second-order valence-corrected chi connectivity index (χ2v) is 2.96. The maximum Gasteiger partial charge on any atom is 0.302 e. The summed E-state index contributed by atoms with van der Waals surface area (Å²) in [5.41, 5.74) is 0. The van der Waals surface area contributed by atoms with E-state index in [1.165, 1.54) is 26.2 Å². The van der Waals surface area contributed by atoms with E-state index in [1.54, 1.807) is 0 Å². The Morgan fingerprint density at radius 1 is 1.17 bits per heavy atom. The van der Waals surface area contributed by atoms with Crippen molar-refractivity contribution in [2.45, 2.75) is 45.4 Å². The van der Waals surface area contributed by atoms with E-state index < -0.39 is 0 Å². The molecule has 0 aliphatic heterocycles. The number of unbranched alkanes of at least 4 members (excludes halogenated alkanes) is 5. The third-order valence-electron chi connectivity index (χ3n) is 1.70. The largest absolute Gasteiger partial charge is 0.466 e. The minimum Gasteiger partial charge on any atom is -0.466 e. The first-order valence-corrected chi connectivity index (χ1v) is 4.70. The molecule has 0 heterocycles. The van der Waals surface area contributed by atoms with Gasteiger partial charge in [-0.25, -0.2) is 0 Å². The van der Waals surface area contributed by atoms with Crippen molar-refractivity contribution in [3.8, 4) is 0 Å². The summed E-state index contributed by atoms with van der Waals surface area (Å²) in [6.07, 6.45) is 6.89. The predicted molar refractivity (Wildman–Crippen MR) is 49.7 cm³/mol. The average molecular weight is 171 g/mol. The molecule has 0 aliphatic rings. The molecule has 1 radical (unpaired) electrons. The van der Waals surface area contributed by atoms with Crippen LogP contribution >= 0.6 is 0 Å². The Kier molecular flexibility index (Phi) is 8.19. The summed E-state index contributed by atoms with van der Waals surface area (Å²) in [7, 11) is 0. The van der Waals surface area contributed by atoms with Crippen molar-refractivity contribution < 1.29 is 9.53 Å². The molecule has 0 amide bonds. The zero-order valence-electron chi connectivity index (χ0n) is 7.97. The Morgan fingerprint density at radius 3 is 2.33 bits per heavy atom. The van der Waals surface area contributed by atoms with E-state index >= 15 is 0 Å². The molecule has 0 aliphatic carbocycles. The van der Waals surface area contributed by atoms with Crippen LogP contribution in [0.3, 0.4) is 0 Å². The molecule has 2 nitrogen and oxygen atoms in total. The molecule has 0 aromatic carbocycles. The number of rotatable bonds is 7. The molecule has 71 valence electrons. The second kappa shape index (κ2) is 8.57. The minimum atomic E-state index is -0.173. The van der Waals surface area contributed by atoms with Crippen molar-refractivity contribution in [2.75, 3.05) is 6.61 Å². The molecule has 0 bridgehead atoms. The molecule has 2 heteroatoms. The fourth-order valence-corrected chi connectivity index (χ4v) is 1.03. The van der Waals surface area contributed by atoms with Crippen LogP contribution in [0.1, 0.15) is 45.4 Å². The topological polar surface area (TPSA) is 26.3 Å². The van der Waals surface area contributed by atoms with Gasteiger partial charge < -0.3 is 4.74 Å². The molecule has 12 heavy (non-hydrogen) atoms. The highest BCUT2D eigenvalue weighted by atomic mass is 16.5. The van der Waals surface area contributed by atoms with Crippen LogP contribution < -0.4 is 0 Å². The number of carbonyl (C=O) groups excluding carboxylic acids is 1. The third-order valence-corrected chi connectivity index (χ3v) is 1.70. The molecule has 0 rings (SSSR count). The van der Waals surface area contributed by atoms with Gasteiger partial charge in [0.25, 0.3) is 0 Å². The lowest BCUT2D eigenvalue weighted by Gasteiger charge is -2.01. The van der Waals surface area contributed by atoms with Gasteiger partial charge in [-0.2, -0.15) is 0 Å². The molecule has 0 unspecified atom stereocenters. The Balaban J connectivity index is 2.86. The second-order valence-electron chi connectivity index (χ2n) is 2.96. The lowest BCUT2D eigenvalue weighted by Crippen LogP contribution is -1.99. The van der Waals surface area contributed by atoms with Gasteiger partial charge in [-0.3, -0.25) is 4.79 Å². The van der Waals surface area contributed by atoms with Gasteiger partial charge >= 0.3 is 5.97 Å². The van der Waals surface area contributed by atoms with Gasteiger partial charge in [0.1, 0.15) is 0 Å². The highest BCUT2D eigenvalue weighted by molar-refractivity contribution is 5.65. The van der Waals surface area contributed by atoms with Crippen molar-refractivity contribution in [3.05, 3.63) is 6.92 Å². The molecular weight excluding hydrogens is 152 g/mol. The van der Waals surface area contributed by atoms with E-state index in [0.29, 0.717) is 6.61 Å². The lowest BCUT2D eigenvalue weighted by molar-refractivity contribution is -0.141. The van der Waals surface area contributed by atoms with Crippen LogP contribution in [0.15, 0.2) is 0 Å². The van der Waals surface area contributed by atoms with E-state index in [9.17, 15) is 4.79 Å². The number of carbonyl (C=O) groups is 1. The number of ether oxygens (including phenoxy) is 1. The summed E-state index contributed by atoms with van der Waals surface area (Å²) < 4.78 is 4.80. The van der Waals surface area contributed by atoms with Gasteiger partial charge in [-0.1, -0.05) is 39.0 Å². The summed E-state index contributed by atoms with van der Waals surface area (Å²) in [5.74, 6) is -0.173. The van der Waals surface area contributed by atoms with Crippen molar-refractivity contribution in [3.63, 3.8) is 0 Å². The molecule has 0 atom stereocenters. The lowest BCUT2D eigenvalue weighted by atomic mass is 10.1. The van der Waals surface area contributed by atoms with Gasteiger partial charge in [0.15, 0.2) is 0 Å². The van der Waals surface area contributed by atoms with Crippen molar-refractivity contribution in [1.82, 2.24) is 0 Å². The van der Waals surface area contributed by atoms with Crippen LogP contribution in [0.4, 0.5) is 0 Å². The highest BCUT2D eigenvalue weighted by Gasteiger charge is 1.92. The fourth-order valence-electron chi connectivity index (χ4n) is 1.03. The number of esters is 1. The summed E-state index contributed by atoms with van der Waals surface area (Å²) in [6, 6.07) is 0. The summed E-state index contributed by atoms with van der Waals surface area (Å²) in [6.45, 7) is 5.80. The fraction of sp³-hybridized carbons (Fsp3) is 0.800. The van der Waals surface area contributed by atoms with Gasteiger partial charge in [0, 0.05) is 6.92 Å². The predicted octanol–water partition coefficient (Wildman–Crippen LogP) is 2.72. The van der Waals surface area contributed by atoms with Crippen LogP contribution in [0.25, 0.3) is 0 Å². The van der Waals surface area contributed by atoms with Gasteiger partial charge in [0.05, 0.1) is 6.61 Å². The maximum atomic E-state index is 10.3. The zero-order valence-corrected chi connectivity index (χ0v) is 7.97. The van der Waals surface area contributed by atoms with E-state index in [4.69, 9.17) is 4.74 Å². The molecule has 0 fully saturated rings. The van der Waals surface area contributed by atoms with Crippen molar-refractivity contribution in [1.29, 1.82) is 0 Å². The maximum absolute atomic E-state index is 10.3. The van der Waals surface area contributed by atoms with E-state index in [0.717, 1.165) is 19.3 Å². The average Bonchev–Trinajstić information content (AvgIpc) is 2.02. The summed E-state index contributed by atoms with van der Waals surface area (Å²) in [5, 5.41) is 0. The molecule has 0 spiro atoms. The van der Waals surface area contributed by atoms with Crippen LogP contribution in [0.2, 0.25) is 0 Å². The number of hydrogen-bond acceptors (Lipinski definition) is 2. The smallest absolute Gasteiger partial charge is 0.302 e. The summed E-state index contributed by atoms with van der Waals surface area (Å²) in [4.78, 5) is 10.3. The van der Waals surface area contributed by atoms with E-state index in [2.05, 4.69) is 6.92 Å². The normalized spacial score (nSPS) is 9.83. The van der Waals surface area contributed by atoms with Gasteiger partial charge in [0.2, 0.25) is 0 Å². The Hall–Kier alpha value is -0.530. The first-order valence-electron chi connectivity index (χ1n) is 4.70. The molecule has 0 saturated heterocycles. The molecular formula is C10H19O2. The van der Waals surface area contributed by atoms with Crippen molar-refractivity contribution >= 4 is 5.97 Å². The first kappa shape index (κ1) is 11.5. The Bertz CT molecular complexity index is 110. The number of hydrogen-bond donors (Lipinski definition) is 0. The van der Waals surface area contributed by atoms with Crippen LogP contribution in [-0.4, -0.2) is 12.6 Å². The summed E-state index contributed by atoms with van der Waals surface area (Å²) >= 11 is 0.